The van der Waals surface area contributed by atoms with Crippen molar-refractivity contribution in [1.29, 1.82) is 0 Å². The third-order valence-electron chi connectivity index (χ3n) is 4.62. The van der Waals surface area contributed by atoms with Crippen molar-refractivity contribution in [3.05, 3.63) is 59.6 Å². The lowest BCUT2D eigenvalue weighted by atomic mass is 10.1. The van der Waals surface area contributed by atoms with Gasteiger partial charge in [-0.15, -0.1) is 0 Å². The highest BCUT2D eigenvalue weighted by Crippen LogP contribution is 2.28. The molecule has 1 saturated heterocycles. The van der Waals surface area contributed by atoms with Crippen LogP contribution < -0.4 is 10.2 Å². The summed E-state index contributed by atoms with van der Waals surface area (Å²) >= 11 is 6.41. The SMILES string of the molecule is Cn1cc(-c2cncc(C(=O)Nc3ccc(N4CCOCC4)cc3Cl)c2)cn1. The summed E-state index contributed by atoms with van der Waals surface area (Å²) in [5.74, 6) is -0.265. The zero-order valence-corrected chi connectivity index (χ0v) is 16.2. The average Bonchev–Trinajstić information content (AvgIpc) is 3.16. The molecule has 1 aromatic carbocycles. The van der Waals surface area contributed by atoms with Crippen LogP contribution in [-0.2, 0) is 11.8 Å². The predicted molar refractivity (Wildman–Crippen MR) is 109 cm³/mol. The van der Waals surface area contributed by atoms with E-state index < -0.39 is 0 Å². The lowest BCUT2D eigenvalue weighted by molar-refractivity contribution is 0.102. The zero-order chi connectivity index (χ0) is 19.5. The number of aromatic nitrogens is 3. The molecule has 0 aliphatic carbocycles. The summed E-state index contributed by atoms with van der Waals surface area (Å²) in [5, 5.41) is 7.51. The first-order valence-electron chi connectivity index (χ1n) is 8.98. The van der Waals surface area contributed by atoms with E-state index in [1.54, 1.807) is 23.1 Å². The second-order valence-corrected chi connectivity index (χ2v) is 6.99. The van der Waals surface area contributed by atoms with Gasteiger partial charge in [0, 0.05) is 55.5 Å². The van der Waals surface area contributed by atoms with E-state index in [1.807, 2.05) is 31.4 Å². The number of hydrogen-bond donors (Lipinski definition) is 1. The first-order valence-corrected chi connectivity index (χ1v) is 9.35. The fraction of sp³-hybridized carbons (Fsp3) is 0.250. The largest absolute Gasteiger partial charge is 0.378 e. The van der Waals surface area contributed by atoms with Crippen molar-refractivity contribution >= 4 is 28.9 Å². The Bertz CT molecular complexity index is 998. The second kappa shape index (κ2) is 8.00. The summed E-state index contributed by atoms with van der Waals surface area (Å²) in [7, 11) is 1.84. The highest BCUT2D eigenvalue weighted by molar-refractivity contribution is 6.34. The number of morpholine rings is 1. The van der Waals surface area contributed by atoms with Crippen LogP contribution in [0, 0.1) is 0 Å². The van der Waals surface area contributed by atoms with Crippen LogP contribution >= 0.6 is 11.6 Å². The smallest absolute Gasteiger partial charge is 0.257 e. The maximum Gasteiger partial charge on any atom is 0.257 e. The number of nitrogens with zero attached hydrogens (tertiary/aromatic N) is 4. The Kier molecular flexibility index (Phi) is 5.27. The van der Waals surface area contributed by atoms with Crippen LogP contribution in [0.1, 0.15) is 10.4 Å². The molecule has 7 nitrogen and oxygen atoms in total. The van der Waals surface area contributed by atoms with Crippen LogP contribution in [0.2, 0.25) is 5.02 Å². The first kappa shape index (κ1) is 18.5. The Balaban J connectivity index is 1.50. The number of benzene rings is 1. The molecular formula is C20H20ClN5O2. The van der Waals surface area contributed by atoms with Crippen LogP contribution in [0.4, 0.5) is 11.4 Å². The van der Waals surface area contributed by atoms with Gasteiger partial charge < -0.3 is 15.0 Å². The van der Waals surface area contributed by atoms with Crippen molar-refractivity contribution in [1.82, 2.24) is 14.8 Å². The molecule has 1 aliphatic heterocycles. The molecule has 0 atom stereocenters. The van der Waals surface area contributed by atoms with Gasteiger partial charge >= 0.3 is 0 Å². The molecule has 4 rings (SSSR count). The molecule has 0 bridgehead atoms. The minimum atomic E-state index is -0.265. The fourth-order valence-corrected chi connectivity index (χ4v) is 3.33. The number of amides is 1. The molecule has 0 radical (unpaired) electrons. The molecule has 1 N–H and O–H groups in total. The molecular weight excluding hydrogens is 378 g/mol. The summed E-state index contributed by atoms with van der Waals surface area (Å²) in [6, 6.07) is 7.43. The molecule has 8 heteroatoms. The topological polar surface area (TPSA) is 72.3 Å². The molecule has 1 aliphatic rings. The van der Waals surface area contributed by atoms with Gasteiger partial charge in [0.25, 0.3) is 5.91 Å². The lowest BCUT2D eigenvalue weighted by Gasteiger charge is -2.29. The predicted octanol–water partition coefficient (Wildman–Crippen LogP) is 3.22. The number of anilines is 2. The molecule has 1 amide bonds. The van der Waals surface area contributed by atoms with Crippen molar-refractivity contribution in [3.63, 3.8) is 0 Å². The van der Waals surface area contributed by atoms with Crippen LogP contribution in [0.5, 0.6) is 0 Å². The first-order chi connectivity index (χ1) is 13.6. The maximum absolute atomic E-state index is 12.7. The van der Waals surface area contributed by atoms with Gasteiger partial charge in [-0.05, 0) is 24.3 Å². The Hall–Kier alpha value is -2.90. The molecule has 1 fully saturated rings. The number of pyridine rings is 1. The van der Waals surface area contributed by atoms with Gasteiger partial charge in [-0.2, -0.15) is 5.10 Å². The van der Waals surface area contributed by atoms with Crippen LogP contribution in [0.25, 0.3) is 11.1 Å². The van der Waals surface area contributed by atoms with Gasteiger partial charge in [-0.3, -0.25) is 14.5 Å². The Labute approximate surface area is 167 Å². The summed E-state index contributed by atoms with van der Waals surface area (Å²) in [4.78, 5) is 19.1. The van der Waals surface area contributed by atoms with E-state index in [2.05, 4.69) is 20.3 Å². The number of nitrogens with one attached hydrogen (secondary N) is 1. The monoisotopic (exact) mass is 397 g/mol. The number of ether oxygens (including phenoxy) is 1. The molecule has 0 saturated carbocycles. The third kappa shape index (κ3) is 4.00. The van der Waals surface area contributed by atoms with Crippen LogP contribution in [0.3, 0.4) is 0 Å². The quantitative estimate of drug-likeness (QED) is 0.731. The Morgan fingerprint density at radius 3 is 2.68 bits per heavy atom. The van der Waals surface area contributed by atoms with Gasteiger partial charge in [-0.25, -0.2) is 0 Å². The number of hydrogen-bond acceptors (Lipinski definition) is 5. The molecule has 144 valence electrons. The van der Waals surface area contributed by atoms with Crippen LogP contribution in [-0.4, -0.2) is 47.0 Å². The van der Waals surface area contributed by atoms with E-state index in [0.717, 1.165) is 29.9 Å². The summed E-state index contributed by atoms with van der Waals surface area (Å²) < 4.78 is 7.08. The van der Waals surface area contributed by atoms with Crippen molar-refractivity contribution in [2.24, 2.45) is 7.05 Å². The molecule has 2 aromatic heterocycles. The van der Waals surface area contributed by atoms with Gasteiger partial charge in [-0.1, -0.05) is 11.6 Å². The molecule has 3 aromatic rings. The highest BCUT2D eigenvalue weighted by atomic mass is 35.5. The maximum atomic E-state index is 12.7. The summed E-state index contributed by atoms with van der Waals surface area (Å²) in [6.07, 6.45) is 6.85. The Morgan fingerprint density at radius 2 is 1.96 bits per heavy atom. The number of aryl methyl sites for hydroxylation is 1. The van der Waals surface area contributed by atoms with Gasteiger partial charge in [0.2, 0.25) is 0 Å². The number of halogens is 1. The number of carbonyl (C=O) groups is 1. The van der Waals surface area contributed by atoms with E-state index in [1.165, 1.54) is 6.20 Å². The summed E-state index contributed by atoms with van der Waals surface area (Å²) in [6.45, 7) is 3.07. The highest BCUT2D eigenvalue weighted by Gasteiger charge is 2.15. The van der Waals surface area contributed by atoms with Crippen LogP contribution in [0.15, 0.2) is 49.1 Å². The molecule has 0 spiro atoms. The normalized spacial score (nSPS) is 14.1. The molecule has 0 unspecified atom stereocenters. The zero-order valence-electron chi connectivity index (χ0n) is 15.4. The minimum absolute atomic E-state index is 0.265. The van der Waals surface area contributed by atoms with Gasteiger partial charge in [0.1, 0.15) is 0 Å². The minimum Gasteiger partial charge on any atom is -0.378 e. The number of carbonyl (C=O) groups excluding carboxylic acids is 1. The standard InChI is InChI=1S/C20H20ClN5O2/c1-25-13-16(12-23-25)14-8-15(11-22-10-14)20(27)24-19-3-2-17(9-18(19)21)26-4-6-28-7-5-26/h2-3,8-13H,4-7H2,1H3,(H,24,27). The third-order valence-corrected chi connectivity index (χ3v) is 4.93. The van der Waals surface area contributed by atoms with Crippen molar-refractivity contribution < 1.29 is 9.53 Å². The van der Waals surface area contributed by atoms with E-state index in [4.69, 9.17) is 16.3 Å². The van der Waals surface area contributed by atoms with Gasteiger partial charge in [0.15, 0.2) is 0 Å². The Morgan fingerprint density at radius 1 is 1.14 bits per heavy atom. The van der Waals surface area contributed by atoms with E-state index in [0.29, 0.717) is 29.5 Å². The van der Waals surface area contributed by atoms with E-state index >= 15 is 0 Å². The van der Waals surface area contributed by atoms with Crippen molar-refractivity contribution in [2.75, 3.05) is 36.5 Å². The van der Waals surface area contributed by atoms with Gasteiger partial charge in [0.05, 0.1) is 35.7 Å². The molecule has 3 heterocycles. The fourth-order valence-electron chi connectivity index (χ4n) is 3.11. The second-order valence-electron chi connectivity index (χ2n) is 6.58. The lowest BCUT2D eigenvalue weighted by Crippen LogP contribution is -2.36. The van der Waals surface area contributed by atoms with Crippen molar-refractivity contribution in [2.45, 2.75) is 0 Å². The molecule has 28 heavy (non-hydrogen) atoms. The van der Waals surface area contributed by atoms with E-state index in [-0.39, 0.29) is 5.91 Å². The van der Waals surface area contributed by atoms with Crippen molar-refractivity contribution in [3.8, 4) is 11.1 Å². The average molecular weight is 398 g/mol. The number of rotatable bonds is 4. The summed E-state index contributed by atoms with van der Waals surface area (Å²) in [5.41, 5.74) is 3.77. The van der Waals surface area contributed by atoms with E-state index in [9.17, 15) is 4.79 Å².